The second-order valence-corrected chi connectivity index (χ2v) is 12.2. The second kappa shape index (κ2) is 14.0. The first kappa shape index (κ1) is 31.5. The highest BCUT2D eigenvalue weighted by atomic mass is 35.5. The van der Waals surface area contributed by atoms with E-state index in [1.165, 1.54) is 17.0 Å². The zero-order chi connectivity index (χ0) is 29.4. The molecular weight excluding hydrogens is 569 g/mol. The zero-order valence-electron chi connectivity index (χ0n) is 23.2. The Morgan fingerprint density at radius 3 is 2.25 bits per heavy atom. The van der Waals surface area contributed by atoms with Crippen molar-refractivity contribution in [3.63, 3.8) is 0 Å². The summed E-state index contributed by atoms with van der Waals surface area (Å²) in [6.07, 6.45) is 1.29. The van der Waals surface area contributed by atoms with Crippen LogP contribution in [-0.2, 0) is 32.6 Å². The number of nitrogens with one attached hydrogen (secondary N) is 1. The number of para-hydroxylation sites is 1. The Morgan fingerprint density at radius 1 is 0.950 bits per heavy atom. The summed E-state index contributed by atoms with van der Waals surface area (Å²) in [5.74, 6) is -0.894. The van der Waals surface area contributed by atoms with Crippen molar-refractivity contribution in [1.29, 1.82) is 0 Å². The Balaban J connectivity index is 2.08. The molecule has 3 aromatic carbocycles. The van der Waals surface area contributed by atoms with Crippen LogP contribution in [0.2, 0.25) is 10.0 Å². The third-order valence-electron chi connectivity index (χ3n) is 6.60. The van der Waals surface area contributed by atoms with Crippen LogP contribution in [0.3, 0.4) is 0 Å². The fraction of sp³-hybridized carbons (Fsp3) is 0.333. The number of sulfonamides is 1. The van der Waals surface area contributed by atoms with Gasteiger partial charge in [-0.1, -0.05) is 79.0 Å². The molecule has 0 radical (unpaired) electrons. The molecule has 2 amide bonds. The molecule has 0 heterocycles. The normalized spacial score (nSPS) is 12.1. The Morgan fingerprint density at radius 2 is 1.62 bits per heavy atom. The fourth-order valence-electron chi connectivity index (χ4n) is 4.22. The lowest BCUT2D eigenvalue weighted by Gasteiger charge is -2.32. The molecule has 1 N–H and O–H groups in total. The molecule has 7 nitrogen and oxygen atoms in total. The molecule has 214 valence electrons. The summed E-state index contributed by atoms with van der Waals surface area (Å²) in [6, 6.07) is 17.6. The predicted molar refractivity (Wildman–Crippen MR) is 161 cm³/mol. The van der Waals surface area contributed by atoms with Crippen molar-refractivity contribution in [1.82, 2.24) is 10.2 Å². The van der Waals surface area contributed by atoms with E-state index in [0.717, 1.165) is 21.9 Å². The molecule has 0 spiro atoms. The third kappa shape index (κ3) is 7.56. The molecule has 0 saturated carbocycles. The zero-order valence-corrected chi connectivity index (χ0v) is 25.5. The van der Waals surface area contributed by atoms with Gasteiger partial charge in [0.05, 0.1) is 10.6 Å². The van der Waals surface area contributed by atoms with Crippen LogP contribution >= 0.6 is 23.2 Å². The van der Waals surface area contributed by atoms with Crippen molar-refractivity contribution < 1.29 is 18.0 Å². The Bertz CT molecular complexity index is 1450. The Hall–Kier alpha value is -3.07. The van der Waals surface area contributed by atoms with Gasteiger partial charge in [-0.3, -0.25) is 13.9 Å². The molecule has 0 unspecified atom stereocenters. The lowest BCUT2D eigenvalue weighted by Crippen LogP contribution is -2.51. The maximum Gasteiger partial charge on any atom is 0.264 e. The van der Waals surface area contributed by atoms with Crippen molar-refractivity contribution >= 4 is 50.7 Å². The van der Waals surface area contributed by atoms with E-state index in [0.29, 0.717) is 34.3 Å². The minimum Gasteiger partial charge on any atom is -0.354 e. The van der Waals surface area contributed by atoms with E-state index in [1.807, 2.05) is 32.9 Å². The standard InChI is InChI=1S/C30H35Cl2N3O4S/c1-5-17-33-30(37)22(4)34(19-24-13-14-25(31)18-27(24)32)29(36)20-35(28-10-8-7-9-23(28)6-2)40(38,39)26-15-11-21(3)12-16-26/h7-16,18,22H,5-6,17,19-20H2,1-4H3,(H,33,37)/t22-/m0/s1. The number of halogens is 2. The van der Waals surface area contributed by atoms with Crippen LogP contribution in [0, 0.1) is 6.92 Å². The van der Waals surface area contributed by atoms with Crippen molar-refractivity contribution in [2.45, 2.75) is 58.0 Å². The van der Waals surface area contributed by atoms with E-state index >= 15 is 0 Å². The van der Waals surface area contributed by atoms with Gasteiger partial charge in [0.15, 0.2) is 0 Å². The smallest absolute Gasteiger partial charge is 0.264 e. The quantitative estimate of drug-likeness (QED) is 0.275. The van der Waals surface area contributed by atoms with Gasteiger partial charge in [-0.2, -0.15) is 0 Å². The van der Waals surface area contributed by atoms with Gasteiger partial charge in [0.25, 0.3) is 10.0 Å². The average molecular weight is 605 g/mol. The maximum atomic E-state index is 14.0. The van der Waals surface area contributed by atoms with E-state index in [1.54, 1.807) is 49.4 Å². The van der Waals surface area contributed by atoms with Gasteiger partial charge < -0.3 is 10.2 Å². The first-order chi connectivity index (χ1) is 19.0. The van der Waals surface area contributed by atoms with Crippen molar-refractivity contribution in [2.24, 2.45) is 0 Å². The highest BCUT2D eigenvalue weighted by molar-refractivity contribution is 7.92. The third-order valence-corrected chi connectivity index (χ3v) is 8.96. The first-order valence-electron chi connectivity index (χ1n) is 13.2. The second-order valence-electron chi connectivity index (χ2n) is 9.53. The van der Waals surface area contributed by atoms with Gasteiger partial charge in [0.2, 0.25) is 11.8 Å². The highest BCUT2D eigenvalue weighted by Crippen LogP contribution is 2.29. The molecule has 0 fully saturated rings. The summed E-state index contributed by atoms with van der Waals surface area (Å²) in [7, 11) is -4.14. The number of benzene rings is 3. The largest absolute Gasteiger partial charge is 0.354 e. The molecular formula is C30H35Cl2N3O4S. The molecule has 0 aliphatic heterocycles. The molecule has 1 atom stereocenters. The van der Waals surface area contributed by atoms with Gasteiger partial charge in [-0.05, 0) is 68.1 Å². The number of hydrogen-bond acceptors (Lipinski definition) is 4. The van der Waals surface area contributed by atoms with E-state index in [2.05, 4.69) is 5.32 Å². The summed E-state index contributed by atoms with van der Waals surface area (Å²) in [5, 5.41) is 3.60. The molecule has 10 heteroatoms. The van der Waals surface area contributed by atoms with Crippen LogP contribution in [0.4, 0.5) is 5.69 Å². The number of aryl methyl sites for hydroxylation is 2. The molecule has 0 bridgehead atoms. The van der Waals surface area contributed by atoms with Crippen LogP contribution in [0.1, 0.15) is 43.9 Å². The summed E-state index contributed by atoms with van der Waals surface area (Å²) in [6.45, 7) is 7.27. The minimum atomic E-state index is -4.14. The Labute approximate surface area is 247 Å². The highest BCUT2D eigenvalue weighted by Gasteiger charge is 2.33. The van der Waals surface area contributed by atoms with Crippen molar-refractivity contribution in [2.75, 3.05) is 17.4 Å². The lowest BCUT2D eigenvalue weighted by atomic mass is 10.1. The van der Waals surface area contributed by atoms with Gasteiger partial charge in [0, 0.05) is 23.1 Å². The summed E-state index contributed by atoms with van der Waals surface area (Å²) in [5.41, 5.74) is 2.67. The van der Waals surface area contributed by atoms with E-state index in [-0.39, 0.29) is 17.3 Å². The van der Waals surface area contributed by atoms with Gasteiger partial charge in [-0.15, -0.1) is 0 Å². The molecule has 0 saturated heterocycles. The van der Waals surface area contributed by atoms with Crippen LogP contribution in [0.15, 0.2) is 71.6 Å². The van der Waals surface area contributed by atoms with Crippen molar-refractivity contribution in [3.05, 3.63) is 93.5 Å². The number of hydrogen-bond donors (Lipinski definition) is 1. The topological polar surface area (TPSA) is 86.8 Å². The van der Waals surface area contributed by atoms with Crippen LogP contribution in [0.25, 0.3) is 0 Å². The van der Waals surface area contributed by atoms with E-state index in [9.17, 15) is 18.0 Å². The van der Waals surface area contributed by atoms with E-state index in [4.69, 9.17) is 23.2 Å². The van der Waals surface area contributed by atoms with Gasteiger partial charge >= 0.3 is 0 Å². The summed E-state index contributed by atoms with van der Waals surface area (Å²) >= 11 is 12.5. The molecule has 40 heavy (non-hydrogen) atoms. The lowest BCUT2D eigenvalue weighted by molar-refractivity contribution is -0.139. The molecule has 0 aromatic heterocycles. The van der Waals surface area contributed by atoms with Crippen LogP contribution in [0.5, 0.6) is 0 Å². The first-order valence-corrected chi connectivity index (χ1v) is 15.4. The number of carbonyl (C=O) groups excluding carboxylic acids is 2. The number of rotatable bonds is 12. The van der Waals surface area contributed by atoms with Crippen molar-refractivity contribution in [3.8, 4) is 0 Å². The van der Waals surface area contributed by atoms with Crippen LogP contribution < -0.4 is 9.62 Å². The molecule has 0 aliphatic carbocycles. The van der Waals surface area contributed by atoms with E-state index < -0.39 is 28.5 Å². The summed E-state index contributed by atoms with van der Waals surface area (Å²) in [4.78, 5) is 28.4. The predicted octanol–water partition coefficient (Wildman–Crippen LogP) is 6.00. The number of nitrogens with zero attached hydrogens (tertiary/aromatic N) is 2. The Kier molecular flexibility index (Phi) is 11.0. The average Bonchev–Trinajstić information content (AvgIpc) is 2.93. The minimum absolute atomic E-state index is 0.0105. The monoisotopic (exact) mass is 603 g/mol. The number of amides is 2. The SMILES string of the molecule is CCCNC(=O)[C@H](C)N(Cc1ccc(Cl)cc1Cl)C(=O)CN(c1ccccc1CC)S(=O)(=O)c1ccc(C)cc1. The van der Waals surface area contributed by atoms with Crippen LogP contribution in [-0.4, -0.2) is 44.3 Å². The maximum absolute atomic E-state index is 14.0. The number of carbonyl (C=O) groups is 2. The molecule has 3 rings (SSSR count). The molecule has 0 aliphatic rings. The number of anilines is 1. The van der Waals surface area contributed by atoms with Gasteiger partial charge in [0.1, 0.15) is 12.6 Å². The van der Waals surface area contributed by atoms with Gasteiger partial charge in [-0.25, -0.2) is 8.42 Å². The fourth-order valence-corrected chi connectivity index (χ4v) is 6.14. The summed E-state index contributed by atoms with van der Waals surface area (Å²) < 4.78 is 29.1. The molecule has 3 aromatic rings.